The molecule has 3 heterocycles. The topological polar surface area (TPSA) is 49.3 Å². The molecule has 0 spiro atoms. The van der Waals surface area contributed by atoms with Gasteiger partial charge in [-0.05, 0) is 31.2 Å². The maximum atomic E-state index is 12.9. The number of thiophene rings is 1. The van der Waals surface area contributed by atoms with Crippen molar-refractivity contribution in [3.05, 3.63) is 16.8 Å². The van der Waals surface area contributed by atoms with Crippen molar-refractivity contribution in [3.8, 4) is 0 Å². The van der Waals surface area contributed by atoms with E-state index in [0.29, 0.717) is 5.92 Å². The third-order valence-corrected chi connectivity index (χ3v) is 6.23. The largest absolute Gasteiger partial charge is 0.356 e. The first-order chi connectivity index (χ1) is 12.5. The van der Waals surface area contributed by atoms with E-state index in [1.54, 1.807) is 6.33 Å². The number of carbonyl (C=O) groups is 1. The van der Waals surface area contributed by atoms with Crippen LogP contribution in [0.4, 0.5) is 5.82 Å². The lowest BCUT2D eigenvalue weighted by Gasteiger charge is -2.26. The maximum absolute atomic E-state index is 12.9. The molecule has 0 saturated carbocycles. The highest BCUT2D eigenvalue weighted by atomic mass is 32.1. The van der Waals surface area contributed by atoms with Crippen LogP contribution in [0, 0.1) is 12.8 Å². The zero-order valence-electron chi connectivity index (χ0n) is 16.4. The molecule has 2 aromatic rings. The molecule has 1 fully saturated rings. The fourth-order valence-electron chi connectivity index (χ4n) is 3.76. The van der Waals surface area contributed by atoms with E-state index < -0.39 is 0 Å². The number of nitrogens with zero attached hydrogens (tertiary/aromatic N) is 4. The fraction of sp³-hybridized carbons (Fsp3) is 0.650. The first kappa shape index (κ1) is 19.1. The third kappa shape index (κ3) is 4.00. The summed E-state index contributed by atoms with van der Waals surface area (Å²) < 4.78 is 0. The van der Waals surface area contributed by atoms with Crippen LogP contribution in [0.1, 0.15) is 61.2 Å². The molecule has 3 rings (SSSR count). The Hall–Kier alpha value is -1.69. The van der Waals surface area contributed by atoms with Crippen molar-refractivity contribution in [1.82, 2.24) is 14.9 Å². The molecule has 0 aromatic carbocycles. The number of hydrogen-bond acceptors (Lipinski definition) is 5. The molecule has 0 bridgehead atoms. The van der Waals surface area contributed by atoms with Crippen LogP contribution in [0.25, 0.3) is 10.2 Å². The van der Waals surface area contributed by atoms with Gasteiger partial charge >= 0.3 is 0 Å². The van der Waals surface area contributed by atoms with Crippen molar-refractivity contribution in [3.63, 3.8) is 0 Å². The average Bonchev–Trinajstić information content (AvgIpc) is 2.90. The van der Waals surface area contributed by atoms with E-state index in [9.17, 15) is 4.79 Å². The van der Waals surface area contributed by atoms with Crippen LogP contribution in [0.3, 0.4) is 0 Å². The highest BCUT2D eigenvalue weighted by Crippen LogP contribution is 2.36. The fourth-order valence-corrected chi connectivity index (χ4v) is 4.90. The Balaban J connectivity index is 1.97. The Labute approximate surface area is 160 Å². The molecule has 2 aromatic heterocycles. The number of hydrogen-bond donors (Lipinski definition) is 0. The molecule has 1 aliphatic rings. The van der Waals surface area contributed by atoms with Crippen LogP contribution in [-0.2, 0) is 0 Å². The summed E-state index contributed by atoms with van der Waals surface area (Å²) in [7, 11) is 1.89. The number of anilines is 1. The standard InChI is InChI=1S/C20H30N4OS/c1-14(2)12-23(4)20(25)17-15(3)16-18(21-13-22-19(16)26-17)24-10-8-6-5-7-9-11-24/h13-14H,5-12H2,1-4H3. The average molecular weight is 375 g/mol. The van der Waals surface area contributed by atoms with Crippen molar-refractivity contribution < 1.29 is 4.79 Å². The van der Waals surface area contributed by atoms with Gasteiger partial charge in [0.15, 0.2) is 0 Å². The molecule has 1 aliphatic heterocycles. The molecule has 1 saturated heterocycles. The molecule has 0 aliphatic carbocycles. The predicted octanol–water partition coefficient (Wildman–Crippen LogP) is 4.50. The Bertz CT molecular complexity index is 763. The van der Waals surface area contributed by atoms with E-state index in [0.717, 1.165) is 46.1 Å². The number of fused-ring (bicyclic) bond motifs is 1. The van der Waals surface area contributed by atoms with Crippen LogP contribution in [-0.4, -0.2) is 47.5 Å². The highest BCUT2D eigenvalue weighted by molar-refractivity contribution is 7.20. The molecule has 0 N–H and O–H groups in total. The zero-order chi connectivity index (χ0) is 18.7. The minimum absolute atomic E-state index is 0.0952. The van der Waals surface area contributed by atoms with E-state index in [1.165, 1.54) is 43.4 Å². The van der Waals surface area contributed by atoms with E-state index in [-0.39, 0.29) is 5.91 Å². The first-order valence-electron chi connectivity index (χ1n) is 9.73. The summed E-state index contributed by atoms with van der Waals surface area (Å²) in [6.45, 7) is 9.15. The summed E-state index contributed by atoms with van der Waals surface area (Å²) in [6.07, 6.45) is 7.98. The zero-order valence-corrected chi connectivity index (χ0v) is 17.2. The second-order valence-electron chi connectivity index (χ2n) is 7.77. The summed E-state index contributed by atoms with van der Waals surface area (Å²) in [6, 6.07) is 0. The van der Waals surface area contributed by atoms with Gasteiger partial charge in [-0.25, -0.2) is 9.97 Å². The van der Waals surface area contributed by atoms with Crippen LogP contribution >= 0.6 is 11.3 Å². The number of aromatic nitrogens is 2. The van der Waals surface area contributed by atoms with Gasteiger partial charge in [0.25, 0.3) is 5.91 Å². The summed E-state index contributed by atoms with van der Waals surface area (Å²) in [5.41, 5.74) is 1.03. The Morgan fingerprint density at radius 3 is 2.50 bits per heavy atom. The van der Waals surface area contributed by atoms with Gasteiger partial charge in [0, 0.05) is 26.7 Å². The number of carbonyl (C=O) groups excluding carboxylic acids is 1. The van der Waals surface area contributed by atoms with Crippen molar-refractivity contribution >= 4 is 33.3 Å². The van der Waals surface area contributed by atoms with Crippen LogP contribution in [0.5, 0.6) is 0 Å². The second kappa shape index (κ2) is 8.33. The lowest BCUT2D eigenvalue weighted by molar-refractivity contribution is 0.0783. The van der Waals surface area contributed by atoms with Gasteiger partial charge in [0.1, 0.15) is 17.0 Å². The van der Waals surface area contributed by atoms with E-state index in [2.05, 4.69) is 28.7 Å². The highest BCUT2D eigenvalue weighted by Gasteiger charge is 2.24. The van der Waals surface area contributed by atoms with Gasteiger partial charge in [-0.1, -0.05) is 33.1 Å². The lowest BCUT2D eigenvalue weighted by atomic mass is 10.1. The normalized spacial score (nSPS) is 16.0. The Morgan fingerprint density at radius 1 is 1.19 bits per heavy atom. The number of amides is 1. The Morgan fingerprint density at radius 2 is 1.85 bits per heavy atom. The molecule has 0 atom stereocenters. The van der Waals surface area contributed by atoms with Gasteiger partial charge in [-0.15, -0.1) is 11.3 Å². The number of aryl methyl sites for hydroxylation is 1. The molecule has 0 radical (unpaired) electrons. The van der Waals surface area contributed by atoms with Crippen molar-refractivity contribution in [1.29, 1.82) is 0 Å². The van der Waals surface area contributed by atoms with Crippen LogP contribution in [0.2, 0.25) is 0 Å². The quantitative estimate of drug-likeness (QED) is 0.791. The molecular weight excluding hydrogens is 344 g/mol. The first-order valence-corrected chi connectivity index (χ1v) is 10.5. The SMILES string of the molecule is Cc1c(C(=O)N(C)CC(C)C)sc2ncnc(N3CCCCCCC3)c12. The molecule has 1 amide bonds. The smallest absolute Gasteiger partial charge is 0.264 e. The van der Waals surface area contributed by atoms with Gasteiger partial charge in [0.05, 0.1) is 10.3 Å². The summed E-state index contributed by atoms with van der Waals surface area (Å²) >= 11 is 1.51. The van der Waals surface area contributed by atoms with Crippen molar-refractivity contribution in [2.45, 2.75) is 52.9 Å². The van der Waals surface area contributed by atoms with Gasteiger partial charge in [0.2, 0.25) is 0 Å². The Kier molecular flexibility index (Phi) is 6.12. The van der Waals surface area contributed by atoms with Gasteiger partial charge < -0.3 is 9.80 Å². The van der Waals surface area contributed by atoms with Crippen LogP contribution in [0.15, 0.2) is 6.33 Å². The monoisotopic (exact) mass is 374 g/mol. The molecule has 0 unspecified atom stereocenters. The third-order valence-electron chi connectivity index (χ3n) is 5.04. The van der Waals surface area contributed by atoms with Crippen LogP contribution < -0.4 is 4.90 Å². The second-order valence-corrected chi connectivity index (χ2v) is 8.77. The predicted molar refractivity (Wildman–Crippen MR) is 109 cm³/mol. The van der Waals surface area contributed by atoms with Gasteiger partial charge in [-0.2, -0.15) is 0 Å². The maximum Gasteiger partial charge on any atom is 0.264 e. The van der Waals surface area contributed by atoms with Gasteiger partial charge in [-0.3, -0.25) is 4.79 Å². The van der Waals surface area contributed by atoms with E-state index in [1.807, 2.05) is 18.9 Å². The minimum atomic E-state index is 0.0952. The molecule has 26 heavy (non-hydrogen) atoms. The molecular formula is C20H30N4OS. The molecule has 5 nitrogen and oxygen atoms in total. The van der Waals surface area contributed by atoms with E-state index in [4.69, 9.17) is 0 Å². The number of rotatable bonds is 4. The summed E-state index contributed by atoms with van der Waals surface area (Å²) in [5.74, 6) is 1.56. The summed E-state index contributed by atoms with van der Waals surface area (Å²) in [5, 5.41) is 1.07. The summed E-state index contributed by atoms with van der Waals surface area (Å²) in [4.78, 5) is 28.0. The lowest BCUT2D eigenvalue weighted by Crippen LogP contribution is -2.30. The van der Waals surface area contributed by atoms with Crippen molar-refractivity contribution in [2.24, 2.45) is 5.92 Å². The molecule has 142 valence electrons. The minimum Gasteiger partial charge on any atom is -0.356 e. The molecule has 6 heteroatoms. The van der Waals surface area contributed by atoms with E-state index >= 15 is 0 Å². The van der Waals surface area contributed by atoms with Crippen molar-refractivity contribution in [2.75, 3.05) is 31.6 Å².